The fourth-order valence-electron chi connectivity index (χ4n) is 5.15. The van der Waals surface area contributed by atoms with E-state index in [9.17, 15) is 24.6 Å². The maximum absolute atomic E-state index is 13.5. The molecular weight excluding hydrogens is 463 g/mol. The number of nitrogens with zero attached hydrogens (tertiary/aromatic N) is 6. The molecular formula is C26H23FN6O3. The zero-order valence-electron chi connectivity index (χ0n) is 19.4. The molecule has 3 heterocycles. The molecule has 0 N–H and O–H groups in total. The Morgan fingerprint density at radius 3 is 2.44 bits per heavy atom. The molecule has 2 aromatic heterocycles. The third kappa shape index (κ3) is 4.16. The molecule has 1 saturated carbocycles. The van der Waals surface area contributed by atoms with Gasteiger partial charge in [-0.15, -0.1) is 6.42 Å². The Morgan fingerprint density at radius 1 is 1.17 bits per heavy atom. The van der Waals surface area contributed by atoms with Gasteiger partial charge in [0.15, 0.2) is 5.69 Å². The van der Waals surface area contributed by atoms with Gasteiger partial charge in [-0.2, -0.15) is 5.26 Å². The van der Waals surface area contributed by atoms with Crippen LogP contribution in [0.15, 0.2) is 41.2 Å². The van der Waals surface area contributed by atoms with E-state index in [1.807, 2.05) is 18.2 Å². The summed E-state index contributed by atoms with van der Waals surface area (Å²) in [5, 5.41) is 21.5. The quantitative estimate of drug-likeness (QED) is 0.299. The van der Waals surface area contributed by atoms with Gasteiger partial charge in [0.2, 0.25) is 0 Å². The molecule has 1 aliphatic heterocycles. The molecule has 2 aliphatic rings. The first-order chi connectivity index (χ1) is 17.4. The summed E-state index contributed by atoms with van der Waals surface area (Å²) in [6.07, 6.45) is 7.63. The van der Waals surface area contributed by atoms with Crippen LogP contribution in [0, 0.1) is 45.5 Å². The van der Waals surface area contributed by atoms with Gasteiger partial charge in [-0.05, 0) is 48.6 Å². The number of hydrogen-bond donors (Lipinski definition) is 0. The minimum atomic E-state index is -0.795. The number of pyridine rings is 2. The fourth-order valence-corrected chi connectivity index (χ4v) is 5.15. The predicted octanol–water partition coefficient (Wildman–Crippen LogP) is 3.22. The number of nitro groups is 1. The monoisotopic (exact) mass is 486 g/mol. The van der Waals surface area contributed by atoms with Crippen LogP contribution < -0.4 is 10.5 Å². The number of nitriles is 1. The second-order valence-corrected chi connectivity index (χ2v) is 9.08. The lowest BCUT2D eigenvalue weighted by Crippen LogP contribution is -2.48. The minimum Gasteiger partial charge on any atom is -0.361 e. The normalized spacial score (nSPS) is 16.9. The van der Waals surface area contributed by atoms with Crippen molar-refractivity contribution in [2.45, 2.75) is 25.4 Å². The summed E-state index contributed by atoms with van der Waals surface area (Å²) in [6.45, 7) is 1.90. The lowest BCUT2D eigenvalue weighted by atomic mass is 9.99. The van der Waals surface area contributed by atoms with Gasteiger partial charge in [-0.25, -0.2) is 9.37 Å². The van der Waals surface area contributed by atoms with Crippen molar-refractivity contribution in [3.05, 3.63) is 73.9 Å². The highest BCUT2D eigenvalue weighted by molar-refractivity contribution is 5.94. The Hall–Kier alpha value is -4.28. The Labute approximate surface area is 206 Å². The van der Waals surface area contributed by atoms with E-state index in [4.69, 9.17) is 6.42 Å². The van der Waals surface area contributed by atoms with Gasteiger partial charge in [0, 0.05) is 32.2 Å². The van der Waals surface area contributed by atoms with Gasteiger partial charge >= 0.3 is 11.2 Å². The number of aromatic nitrogens is 2. The first kappa shape index (κ1) is 23.5. The highest BCUT2D eigenvalue weighted by Crippen LogP contribution is 2.45. The zero-order valence-corrected chi connectivity index (χ0v) is 19.4. The largest absolute Gasteiger partial charge is 0.361 e. The van der Waals surface area contributed by atoms with Crippen molar-refractivity contribution >= 4 is 22.4 Å². The van der Waals surface area contributed by atoms with Gasteiger partial charge in [0.25, 0.3) is 0 Å². The number of benzene rings is 1. The predicted molar refractivity (Wildman–Crippen MR) is 132 cm³/mol. The van der Waals surface area contributed by atoms with Crippen molar-refractivity contribution in [1.82, 2.24) is 14.5 Å². The number of piperazine rings is 1. The van der Waals surface area contributed by atoms with Crippen LogP contribution in [0.25, 0.3) is 11.0 Å². The number of rotatable bonds is 6. The van der Waals surface area contributed by atoms with E-state index in [1.165, 1.54) is 18.2 Å². The van der Waals surface area contributed by atoms with Crippen LogP contribution in [0.2, 0.25) is 0 Å². The van der Waals surface area contributed by atoms with E-state index < -0.39 is 16.2 Å². The Morgan fingerprint density at radius 2 is 1.86 bits per heavy atom. The van der Waals surface area contributed by atoms with Crippen molar-refractivity contribution < 1.29 is 9.31 Å². The molecule has 1 aromatic carbocycles. The third-order valence-electron chi connectivity index (χ3n) is 6.91. The first-order valence-electron chi connectivity index (χ1n) is 11.7. The molecule has 1 aliphatic carbocycles. The average Bonchev–Trinajstić information content (AvgIpc) is 3.72. The summed E-state index contributed by atoms with van der Waals surface area (Å²) in [5.41, 5.74) is 0.439. The molecule has 36 heavy (non-hydrogen) atoms. The first-order valence-corrected chi connectivity index (χ1v) is 11.7. The van der Waals surface area contributed by atoms with Crippen LogP contribution >= 0.6 is 0 Å². The van der Waals surface area contributed by atoms with Gasteiger partial charge in [0.05, 0.1) is 17.0 Å². The van der Waals surface area contributed by atoms with Gasteiger partial charge in [-0.3, -0.25) is 24.4 Å². The van der Waals surface area contributed by atoms with Crippen molar-refractivity contribution in [2.75, 3.05) is 31.1 Å². The molecule has 1 atom stereocenters. The summed E-state index contributed by atoms with van der Waals surface area (Å²) < 4.78 is 14.7. The molecule has 3 aromatic rings. The van der Waals surface area contributed by atoms with Gasteiger partial charge in [0.1, 0.15) is 23.1 Å². The molecule has 1 unspecified atom stereocenters. The number of halogens is 1. The maximum atomic E-state index is 13.5. The number of fused-ring (bicyclic) bond motifs is 1. The summed E-state index contributed by atoms with van der Waals surface area (Å²) in [5.74, 6) is 2.58. The topological polar surface area (TPSA) is 108 Å². The second kappa shape index (κ2) is 9.40. The van der Waals surface area contributed by atoms with Crippen molar-refractivity contribution in [1.29, 1.82) is 5.26 Å². The highest BCUT2D eigenvalue weighted by Gasteiger charge is 2.39. The molecule has 0 bridgehead atoms. The highest BCUT2D eigenvalue weighted by atomic mass is 19.1. The summed E-state index contributed by atoms with van der Waals surface area (Å²) in [4.78, 5) is 33.1. The lowest BCUT2D eigenvalue weighted by Gasteiger charge is -2.40. The van der Waals surface area contributed by atoms with E-state index in [1.54, 1.807) is 11.0 Å². The molecule has 1 saturated heterocycles. The van der Waals surface area contributed by atoms with Crippen LogP contribution in [0.4, 0.5) is 15.8 Å². The average molecular weight is 487 g/mol. The number of terminal acetylenes is 1. The molecule has 182 valence electrons. The molecule has 2 fully saturated rings. The van der Waals surface area contributed by atoms with Gasteiger partial charge in [-0.1, -0.05) is 18.1 Å². The Kier molecular flexibility index (Phi) is 6.13. The van der Waals surface area contributed by atoms with E-state index in [0.29, 0.717) is 37.6 Å². The molecule has 9 nitrogen and oxygen atoms in total. The minimum absolute atomic E-state index is 0.0905. The smallest absolute Gasteiger partial charge is 0.359 e. The van der Waals surface area contributed by atoms with E-state index in [-0.39, 0.29) is 35.3 Å². The van der Waals surface area contributed by atoms with Crippen LogP contribution in [-0.4, -0.2) is 45.6 Å². The molecule has 5 rings (SSSR count). The number of hydrogen-bond acceptors (Lipinski definition) is 7. The van der Waals surface area contributed by atoms with Crippen molar-refractivity contribution in [3.63, 3.8) is 0 Å². The van der Waals surface area contributed by atoms with Crippen LogP contribution in [0.3, 0.4) is 0 Å². The van der Waals surface area contributed by atoms with Crippen LogP contribution in [-0.2, 0) is 6.54 Å². The molecule has 0 amide bonds. The van der Waals surface area contributed by atoms with E-state index in [2.05, 4.69) is 15.8 Å². The summed E-state index contributed by atoms with van der Waals surface area (Å²) in [6, 6.07) is 11.7. The van der Waals surface area contributed by atoms with Gasteiger partial charge < -0.3 is 4.90 Å². The third-order valence-corrected chi connectivity index (χ3v) is 6.91. The Balaban J connectivity index is 1.54. The van der Waals surface area contributed by atoms with Crippen LogP contribution in [0.5, 0.6) is 0 Å². The zero-order chi connectivity index (χ0) is 25.4. The van der Waals surface area contributed by atoms with Crippen molar-refractivity contribution in [3.8, 4) is 18.4 Å². The fraction of sp³-hybridized carbons (Fsp3) is 0.346. The van der Waals surface area contributed by atoms with E-state index >= 15 is 0 Å². The molecule has 10 heteroatoms. The standard InChI is InChI=1S/C26H23FN6O3/c1-2-11-32-21-10-9-20(16-28)29-22(21)24(25(26(32)34)33(35)36)31-14-12-30(13-15-31)23(17-3-4-17)18-5-7-19(27)8-6-18/h1,5-10,17,23H,3-4,11-15H2. The Bertz CT molecular complexity index is 1480. The second-order valence-electron chi connectivity index (χ2n) is 9.08. The maximum Gasteiger partial charge on any atom is 0.359 e. The lowest BCUT2D eigenvalue weighted by molar-refractivity contribution is -0.385. The SMILES string of the molecule is C#CCn1c(=O)c([N+](=O)[O-])c(N2CCN(C(c3ccc(F)cc3)C3CC3)CC2)c2nc(C#N)ccc21. The molecule has 0 spiro atoms. The summed E-state index contributed by atoms with van der Waals surface area (Å²) in [7, 11) is 0. The molecule has 0 radical (unpaired) electrons. The van der Waals surface area contributed by atoms with Crippen LogP contribution in [0.1, 0.15) is 30.1 Å². The number of anilines is 1. The van der Waals surface area contributed by atoms with E-state index in [0.717, 1.165) is 23.0 Å². The summed E-state index contributed by atoms with van der Waals surface area (Å²) >= 11 is 0. The van der Waals surface area contributed by atoms with Crippen molar-refractivity contribution in [2.24, 2.45) is 5.92 Å².